The summed E-state index contributed by atoms with van der Waals surface area (Å²) in [5.41, 5.74) is 0. The van der Waals surface area contributed by atoms with E-state index in [1.807, 2.05) is 57.6 Å². The van der Waals surface area contributed by atoms with E-state index in [-0.39, 0.29) is 13.2 Å². The van der Waals surface area contributed by atoms with Gasteiger partial charge in [0.05, 0.1) is 27.7 Å². The molecule has 0 saturated heterocycles. The molecule has 10 heteroatoms. The van der Waals surface area contributed by atoms with Gasteiger partial charge in [0.25, 0.3) is 7.82 Å². The number of rotatable bonds is 41. The van der Waals surface area contributed by atoms with Crippen molar-refractivity contribution in [2.75, 3.05) is 47.5 Å². The number of carbonyl (C=O) groups excluding carboxylic acids is 2. The van der Waals surface area contributed by atoms with Gasteiger partial charge in [-0.25, -0.2) is 9.59 Å². The highest BCUT2D eigenvalue weighted by Gasteiger charge is 2.20. The Morgan fingerprint density at radius 1 is 0.517 bits per heavy atom. The summed E-state index contributed by atoms with van der Waals surface area (Å²) < 4.78 is 33.5. The summed E-state index contributed by atoms with van der Waals surface area (Å²) in [7, 11) is 1.04. The van der Waals surface area contributed by atoms with Gasteiger partial charge in [-0.1, -0.05) is 215 Å². The molecule has 0 aliphatic heterocycles. The second-order valence-electron chi connectivity index (χ2n) is 16.7. The van der Waals surface area contributed by atoms with Crippen LogP contribution in [0, 0.1) is 0 Å². The van der Waals surface area contributed by atoms with E-state index in [1.54, 1.807) is 18.2 Å². The molecule has 2 unspecified atom stereocenters. The van der Waals surface area contributed by atoms with Crippen LogP contribution in [0.3, 0.4) is 0 Å². The molecule has 60 heavy (non-hydrogen) atoms. The van der Waals surface area contributed by atoms with Crippen LogP contribution in [0.1, 0.15) is 168 Å². The van der Waals surface area contributed by atoms with Crippen molar-refractivity contribution in [2.24, 2.45) is 0 Å². The lowest BCUT2D eigenvalue weighted by Gasteiger charge is -2.28. The van der Waals surface area contributed by atoms with Gasteiger partial charge in [0.15, 0.2) is 6.10 Å². The van der Waals surface area contributed by atoms with Crippen LogP contribution in [0.25, 0.3) is 0 Å². The predicted octanol–water partition coefficient (Wildman–Crippen LogP) is 12.9. The minimum absolute atomic E-state index is 0.0688. The number of quaternary nitrogens is 1. The minimum atomic E-state index is -4.68. The van der Waals surface area contributed by atoms with Gasteiger partial charge in [-0.3, -0.25) is 4.57 Å². The summed E-state index contributed by atoms with van der Waals surface area (Å²) in [5, 5.41) is 0. The first-order chi connectivity index (χ1) is 29.0. The third kappa shape index (κ3) is 44.7. The molecule has 0 radical (unpaired) electrons. The van der Waals surface area contributed by atoms with Crippen LogP contribution < -0.4 is 4.89 Å². The summed E-state index contributed by atoms with van der Waals surface area (Å²) in [6, 6.07) is 0. The lowest BCUT2D eigenvalue weighted by atomic mass is 10.0. The Morgan fingerprint density at radius 3 is 1.40 bits per heavy atom. The van der Waals surface area contributed by atoms with Crippen molar-refractivity contribution in [1.29, 1.82) is 0 Å². The number of carbonyl (C=O) groups is 2. The maximum absolute atomic E-state index is 12.6. The molecule has 0 heterocycles. The molecule has 0 aromatic rings. The number of likely N-dealkylation sites (N-methyl/N-ethyl adjacent to an activating group) is 1. The molecule has 2 atom stereocenters. The van der Waals surface area contributed by atoms with Crippen LogP contribution >= 0.6 is 7.82 Å². The highest BCUT2D eigenvalue weighted by molar-refractivity contribution is 7.45. The average molecular weight is 860 g/mol. The molecule has 0 N–H and O–H groups in total. The van der Waals surface area contributed by atoms with Crippen LogP contribution in [0.15, 0.2) is 85.1 Å². The highest BCUT2D eigenvalue weighted by Crippen LogP contribution is 2.38. The van der Waals surface area contributed by atoms with Gasteiger partial charge < -0.3 is 27.9 Å². The number of esters is 2. The molecule has 0 aromatic carbocycles. The molecule has 0 amide bonds. The molecule has 0 aromatic heterocycles. The topological polar surface area (TPSA) is 111 Å². The van der Waals surface area contributed by atoms with E-state index >= 15 is 0 Å². The van der Waals surface area contributed by atoms with Crippen LogP contribution in [-0.2, 0) is 32.7 Å². The van der Waals surface area contributed by atoms with Crippen LogP contribution in [0.2, 0.25) is 0 Å². The average Bonchev–Trinajstić information content (AvgIpc) is 3.20. The summed E-state index contributed by atoms with van der Waals surface area (Å²) in [6.07, 6.45) is 54.5. The molecule has 0 saturated carbocycles. The Morgan fingerprint density at radius 2 is 0.933 bits per heavy atom. The number of hydrogen-bond donors (Lipinski definition) is 0. The maximum Gasteiger partial charge on any atom is 0.331 e. The number of nitrogens with zero attached hydrogens (tertiary/aromatic N) is 1. The van der Waals surface area contributed by atoms with Crippen molar-refractivity contribution in [3.63, 3.8) is 0 Å². The Kier molecular flexibility index (Phi) is 39.6. The van der Waals surface area contributed by atoms with E-state index in [4.69, 9.17) is 18.5 Å². The van der Waals surface area contributed by atoms with Gasteiger partial charge in [0.2, 0.25) is 0 Å². The molecule has 0 rings (SSSR count). The van der Waals surface area contributed by atoms with Crippen molar-refractivity contribution < 1.29 is 42.1 Å². The first-order valence-corrected chi connectivity index (χ1v) is 24.9. The highest BCUT2D eigenvalue weighted by atomic mass is 31.2. The Labute approximate surface area is 367 Å². The van der Waals surface area contributed by atoms with Crippen LogP contribution in [0.4, 0.5) is 0 Å². The summed E-state index contributed by atoms with van der Waals surface area (Å²) in [5.74, 6) is -1.35. The number of unbranched alkanes of at least 4 members (excludes halogenated alkanes) is 22. The van der Waals surface area contributed by atoms with Gasteiger partial charge in [-0.05, 0) is 25.7 Å². The third-order valence-corrected chi connectivity index (χ3v) is 10.7. The Hall–Kier alpha value is -2.81. The molecule has 0 aliphatic carbocycles. The first kappa shape index (κ1) is 57.2. The molecule has 0 bridgehead atoms. The van der Waals surface area contributed by atoms with Gasteiger partial charge in [0, 0.05) is 12.2 Å². The standard InChI is InChI=1S/C50H86NO8P/c1-6-8-10-12-14-16-18-20-22-24-25-27-29-31-33-35-37-39-41-43-50(53)59-48(47-58-60(54,55)57-45-44-51(3,4)5)46-56-49(52)42-40-38-36-34-32-30-28-26-23-21-19-17-15-13-11-9-7-2/h22,24-25,27,29,31,33,35,37,39-43,48H,6-21,23,26,28,30,32,34,36,38,44-47H2,1-5H3/b24-22+,27-25-,31-29-,35-33-,39-37-,42-40?,43-41-. The minimum Gasteiger partial charge on any atom is -0.756 e. The normalized spacial score (nSPS) is 14.3. The van der Waals surface area contributed by atoms with Gasteiger partial charge >= 0.3 is 11.9 Å². The third-order valence-electron chi connectivity index (χ3n) is 9.70. The summed E-state index contributed by atoms with van der Waals surface area (Å²) >= 11 is 0. The smallest absolute Gasteiger partial charge is 0.331 e. The van der Waals surface area contributed by atoms with Crippen LogP contribution in [-0.4, -0.2) is 70.0 Å². The van der Waals surface area contributed by atoms with E-state index in [0.29, 0.717) is 11.0 Å². The first-order valence-electron chi connectivity index (χ1n) is 23.4. The molecular weight excluding hydrogens is 774 g/mol. The van der Waals surface area contributed by atoms with Gasteiger partial charge in [0.1, 0.15) is 19.8 Å². The summed E-state index contributed by atoms with van der Waals surface area (Å²) in [4.78, 5) is 37.3. The predicted molar refractivity (Wildman–Crippen MR) is 249 cm³/mol. The van der Waals surface area contributed by atoms with Crippen molar-refractivity contribution >= 4 is 19.8 Å². The monoisotopic (exact) mass is 860 g/mol. The van der Waals surface area contributed by atoms with E-state index < -0.39 is 32.5 Å². The molecule has 9 nitrogen and oxygen atoms in total. The van der Waals surface area contributed by atoms with Crippen molar-refractivity contribution in [2.45, 2.75) is 174 Å². The number of hydrogen-bond acceptors (Lipinski definition) is 8. The number of ether oxygens (including phenoxy) is 2. The Bertz CT molecular complexity index is 1290. The van der Waals surface area contributed by atoms with E-state index in [0.717, 1.165) is 25.7 Å². The molecule has 0 spiro atoms. The molecule has 0 fully saturated rings. The van der Waals surface area contributed by atoms with E-state index in [1.165, 1.54) is 147 Å². The number of phosphoric ester groups is 1. The van der Waals surface area contributed by atoms with E-state index in [9.17, 15) is 19.0 Å². The second-order valence-corrected chi connectivity index (χ2v) is 18.1. The SMILES string of the molecule is CCCCCCCCC/C=C/C=C\C=C/C=C\C=C/C=C\C(=O)OC(COC(=O)C=CCCCCCCCCCCCCCCCCC)COP(=O)([O-])OCC[N+](C)(C)C. The quantitative estimate of drug-likeness (QED) is 0.0149. The zero-order chi connectivity index (χ0) is 44.3. The van der Waals surface area contributed by atoms with Gasteiger partial charge in [-0.2, -0.15) is 0 Å². The fourth-order valence-corrected chi connectivity index (χ4v) is 6.76. The fourth-order valence-electron chi connectivity index (χ4n) is 6.04. The lowest BCUT2D eigenvalue weighted by molar-refractivity contribution is -0.870. The molecule has 344 valence electrons. The van der Waals surface area contributed by atoms with E-state index in [2.05, 4.69) is 26.0 Å². The molecule has 0 aliphatic rings. The largest absolute Gasteiger partial charge is 0.756 e. The second kappa shape index (κ2) is 41.5. The maximum atomic E-state index is 12.6. The fraction of sp³-hybridized carbons (Fsp3) is 0.680. The summed E-state index contributed by atoms with van der Waals surface area (Å²) in [6.45, 7) is 3.94. The van der Waals surface area contributed by atoms with Gasteiger partial charge in [-0.15, -0.1) is 0 Å². The van der Waals surface area contributed by atoms with Crippen molar-refractivity contribution in [3.8, 4) is 0 Å². The number of phosphoric acid groups is 1. The number of allylic oxidation sites excluding steroid dienone is 12. The van der Waals surface area contributed by atoms with Crippen molar-refractivity contribution in [3.05, 3.63) is 85.1 Å². The van der Waals surface area contributed by atoms with Crippen molar-refractivity contribution in [1.82, 2.24) is 0 Å². The zero-order valence-electron chi connectivity index (χ0n) is 38.6. The Balaban J connectivity index is 4.62. The lowest BCUT2D eigenvalue weighted by Crippen LogP contribution is -2.37. The molecular formula is C50H86NO8P. The zero-order valence-corrected chi connectivity index (χ0v) is 39.5. The van der Waals surface area contributed by atoms with Crippen LogP contribution in [0.5, 0.6) is 0 Å².